The molecule has 1 N–H and O–H groups in total. The maximum absolute atomic E-state index is 13.4. The molecule has 178 valence electrons. The Morgan fingerprint density at radius 3 is 2.49 bits per heavy atom. The van der Waals surface area contributed by atoms with Gasteiger partial charge >= 0.3 is 5.69 Å². The lowest BCUT2D eigenvalue weighted by atomic mass is 10.1. The van der Waals surface area contributed by atoms with Gasteiger partial charge in [0.15, 0.2) is 11.2 Å². The Labute approximate surface area is 201 Å². The van der Waals surface area contributed by atoms with Gasteiger partial charge in [-0.05, 0) is 30.0 Å². The number of anilines is 1. The molecule has 0 fully saturated rings. The van der Waals surface area contributed by atoms with E-state index < -0.39 is 23.7 Å². The predicted octanol–water partition coefficient (Wildman–Crippen LogP) is 2.96. The highest BCUT2D eigenvalue weighted by molar-refractivity contribution is 5.92. The molecule has 2 aromatic heterocycles. The summed E-state index contributed by atoms with van der Waals surface area (Å²) >= 11 is 0. The lowest BCUT2D eigenvalue weighted by Gasteiger charge is -2.13. The van der Waals surface area contributed by atoms with Gasteiger partial charge in [0.25, 0.3) is 5.56 Å². The SMILES string of the molecule is CC(C)CCn1cnc2c1c(=O)n(CC(=O)Nc1ccccc1C#N)c(=O)n2Cc1ccccc1. The van der Waals surface area contributed by atoms with Crippen molar-refractivity contribution < 1.29 is 4.79 Å². The Balaban J connectivity index is 1.79. The Hall–Kier alpha value is -4.45. The standard InChI is InChI=1S/C26H26N6O3/c1-18(2)12-13-30-17-28-24-23(30)25(34)32(26(35)31(24)15-19-8-4-3-5-9-19)16-22(33)29-21-11-7-6-10-20(21)14-27/h3-11,17-18H,12-13,15-16H2,1-2H3,(H,29,33). The van der Waals surface area contributed by atoms with E-state index in [9.17, 15) is 19.6 Å². The smallest absolute Gasteiger partial charge is 0.325 e. The van der Waals surface area contributed by atoms with Crippen molar-refractivity contribution in [3.05, 3.63) is 92.9 Å². The van der Waals surface area contributed by atoms with E-state index in [0.717, 1.165) is 16.6 Å². The highest BCUT2D eigenvalue weighted by atomic mass is 16.2. The Bertz CT molecular complexity index is 1520. The summed E-state index contributed by atoms with van der Waals surface area (Å²) in [5.41, 5.74) is 0.858. The number of hydrogen-bond acceptors (Lipinski definition) is 5. The van der Waals surface area contributed by atoms with Crippen LogP contribution in [0.5, 0.6) is 0 Å². The van der Waals surface area contributed by atoms with Crippen molar-refractivity contribution >= 4 is 22.8 Å². The maximum atomic E-state index is 13.4. The summed E-state index contributed by atoms with van der Waals surface area (Å²) in [6.45, 7) is 4.46. The average Bonchev–Trinajstić information content (AvgIpc) is 3.28. The van der Waals surface area contributed by atoms with Gasteiger partial charge in [-0.25, -0.2) is 14.3 Å². The number of amides is 1. The fraction of sp³-hybridized carbons (Fsp3) is 0.269. The molecule has 0 bridgehead atoms. The number of rotatable bonds is 8. The van der Waals surface area contributed by atoms with Crippen LogP contribution in [-0.4, -0.2) is 24.6 Å². The molecule has 2 heterocycles. The molecule has 1 amide bonds. The van der Waals surface area contributed by atoms with Gasteiger partial charge in [0.1, 0.15) is 12.6 Å². The number of nitrogens with one attached hydrogen (secondary N) is 1. The summed E-state index contributed by atoms with van der Waals surface area (Å²) in [5, 5.41) is 11.9. The molecule has 35 heavy (non-hydrogen) atoms. The van der Waals surface area contributed by atoms with Gasteiger partial charge in [0.2, 0.25) is 5.91 Å². The van der Waals surface area contributed by atoms with Crippen molar-refractivity contribution in [2.75, 3.05) is 5.32 Å². The molecular weight excluding hydrogens is 444 g/mol. The predicted molar refractivity (Wildman–Crippen MR) is 133 cm³/mol. The van der Waals surface area contributed by atoms with Crippen LogP contribution in [0, 0.1) is 17.2 Å². The number of carbonyl (C=O) groups excluding carboxylic acids is 1. The number of fused-ring (bicyclic) bond motifs is 1. The number of nitriles is 1. The molecule has 2 aromatic carbocycles. The Kier molecular flexibility index (Phi) is 6.92. The molecule has 0 atom stereocenters. The molecule has 4 rings (SSSR count). The Morgan fingerprint density at radius 2 is 1.77 bits per heavy atom. The van der Waals surface area contributed by atoms with Crippen molar-refractivity contribution in [1.82, 2.24) is 18.7 Å². The van der Waals surface area contributed by atoms with Crippen molar-refractivity contribution in [2.24, 2.45) is 5.92 Å². The van der Waals surface area contributed by atoms with E-state index in [1.807, 2.05) is 36.4 Å². The lowest BCUT2D eigenvalue weighted by molar-refractivity contribution is -0.116. The molecule has 4 aromatic rings. The first-order valence-corrected chi connectivity index (χ1v) is 11.4. The van der Waals surface area contributed by atoms with E-state index in [1.54, 1.807) is 35.2 Å². The van der Waals surface area contributed by atoms with Crippen LogP contribution in [0.15, 0.2) is 70.5 Å². The zero-order valence-electron chi connectivity index (χ0n) is 19.6. The quantitative estimate of drug-likeness (QED) is 0.425. The normalized spacial score (nSPS) is 11.0. The molecule has 9 nitrogen and oxygen atoms in total. The third kappa shape index (κ3) is 5.06. The summed E-state index contributed by atoms with van der Waals surface area (Å²) in [7, 11) is 0. The van der Waals surface area contributed by atoms with Crippen molar-refractivity contribution in [1.29, 1.82) is 5.26 Å². The summed E-state index contributed by atoms with van der Waals surface area (Å²) in [6, 6.07) is 18.0. The van der Waals surface area contributed by atoms with E-state index in [2.05, 4.69) is 24.1 Å². The number of imidazole rings is 1. The van der Waals surface area contributed by atoms with E-state index in [1.165, 1.54) is 4.57 Å². The zero-order chi connectivity index (χ0) is 24.9. The Morgan fingerprint density at radius 1 is 1.06 bits per heavy atom. The maximum Gasteiger partial charge on any atom is 0.333 e. The summed E-state index contributed by atoms with van der Waals surface area (Å²) in [5.74, 6) is -0.165. The van der Waals surface area contributed by atoms with E-state index >= 15 is 0 Å². The monoisotopic (exact) mass is 470 g/mol. The zero-order valence-corrected chi connectivity index (χ0v) is 19.6. The number of para-hydroxylation sites is 1. The largest absolute Gasteiger partial charge is 0.333 e. The molecule has 0 radical (unpaired) electrons. The first-order chi connectivity index (χ1) is 16.9. The van der Waals surface area contributed by atoms with Gasteiger partial charge in [-0.15, -0.1) is 0 Å². The molecular formula is C26H26N6O3. The van der Waals surface area contributed by atoms with Crippen LogP contribution in [0.1, 0.15) is 31.4 Å². The highest BCUT2D eigenvalue weighted by Crippen LogP contribution is 2.14. The molecule has 0 aliphatic carbocycles. The first kappa shape index (κ1) is 23.7. The number of aromatic nitrogens is 4. The fourth-order valence-electron chi connectivity index (χ4n) is 3.88. The minimum atomic E-state index is -0.621. The summed E-state index contributed by atoms with van der Waals surface area (Å²) in [4.78, 5) is 44.1. The number of carbonyl (C=O) groups is 1. The van der Waals surface area contributed by atoms with Gasteiger partial charge in [-0.1, -0.05) is 56.3 Å². The second-order valence-corrected chi connectivity index (χ2v) is 8.74. The fourth-order valence-corrected chi connectivity index (χ4v) is 3.88. The van der Waals surface area contributed by atoms with Gasteiger partial charge in [0, 0.05) is 6.54 Å². The van der Waals surface area contributed by atoms with Crippen molar-refractivity contribution in [3.63, 3.8) is 0 Å². The molecule has 0 aliphatic heterocycles. The molecule has 0 spiro atoms. The topological polar surface area (TPSA) is 115 Å². The lowest BCUT2D eigenvalue weighted by Crippen LogP contribution is -2.43. The minimum Gasteiger partial charge on any atom is -0.325 e. The molecule has 0 saturated carbocycles. The molecule has 0 saturated heterocycles. The van der Waals surface area contributed by atoms with Gasteiger partial charge < -0.3 is 9.88 Å². The molecule has 9 heteroatoms. The number of hydrogen-bond donors (Lipinski definition) is 1. The van der Waals surface area contributed by atoms with Crippen molar-refractivity contribution in [3.8, 4) is 6.07 Å². The van der Waals surface area contributed by atoms with E-state index in [-0.39, 0.29) is 17.6 Å². The van der Waals surface area contributed by atoms with Crippen LogP contribution in [0.2, 0.25) is 0 Å². The second-order valence-electron chi connectivity index (χ2n) is 8.74. The van der Waals surface area contributed by atoms with Crippen molar-refractivity contribution in [2.45, 2.75) is 39.9 Å². The van der Waals surface area contributed by atoms with Gasteiger partial charge in [0.05, 0.1) is 24.1 Å². The first-order valence-electron chi connectivity index (χ1n) is 11.4. The van der Waals surface area contributed by atoms with Crippen LogP contribution < -0.4 is 16.6 Å². The summed E-state index contributed by atoms with van der Waals surface area (Å²) < 4.78 is 4.11. The number of aryl methyl sites for hydroxylation is 1. The average molecular weight is 471 g/mol. The molecule has 0 aliphatic rings. The third-order valence-corrected chi connectivity index (χ3v) is 5.74. The third-order valence-electron chi connectivity index (χ3n) is 5.74. The van der Waals surface area contributed by atoms with Crippen LogP contribution in [-0.2, 0) is 24.4 Å². The molecule has 0 unspecified atom stereocenters. The number of benzene rings is 2. The summed E-state index contributed by atoms with van der Waals surface area (Å²) in [6.07, 6.45) is 2.40. The van der Waals surface area contributed by atoms with Gasteiger partial charge in [-0.2, -0.15) is 5.26 Å². The van der Waals surface area contributed by atoms with E-state index in [0.29, 0.717) is 23.8 Å². The van der Waals surface area contributed by atoms with Crippen LogP contribution >= 0.6 is 0 Å². The minimum absolute atomic E-state index is 0.205. The highest BCUT2D eigenvalue weighted by Gasteiger charge is 2.20. The second kappa shape index (κ2) is 10.2. The number of nitrogens with zero attached hydrogens (tertiary/aromatic N) is 5. The van der Waals surface area contributed by atoms with Crippen LogP contribution in [0.3, 0.4) is 0 Å². The van der Waals surface area contributed by atoms with Gasteiger partial charge in [-0.3, -0.25) is 14.2 Å². The van der Waals surface area contributed by atoms with Crippen LogP contribution in [0.4, 0.5) is 5.69 Å². The van der Waals surface area contributed by atoms with Crippen LogP contribution in [0.25, 0.3) is 11.2 Å². The van der Waals surface area contributed by atoms with E-state index in [4.69, 9.17) is 0 Å².